The number of hydrogen-bond acceptors (Lipinski definition) is 6. The van der Waals surface area contributed by atoms with Crippen molar-refractivity contribution < 1.29 is 19.0 Å². The van der Waals surface area contributed by atoms with Crippen molar-refractivity contribution >= 4 is 38.4 Å². The summed E-state index contributed by atoms with van der Waals surface area (Å²) >= 11 is 1.39. The number of hydrogen-bond donors (Lipinski definition) is 2. The van der Waals surface area contributed by atoms with Gasteiger partial charge in [0.1, 0.15) is 22.8 Å². The summed E-state index contributed by atoms with van der Waals surface area (Å²) in [4.78, 5) is 16.8. The molecule has 2 amide bonds. The highest BCUT2D eigenvalue weighted by molar-refractivity contribution is 7.22. The summed E-state index contributed by atoms with van der Waals surface area (Å²) in [6.45, 7) is 1.99. The molecular weight excluding hydrogens is 354 g/mol. The second kappa shape index (κ2) is 7.49. The maximum atomic E-state index is 12.3. The van der Waals surface area contributed by atoms with Gasteiger partial charge in [-0.1, -0.05) is 17.4 Å². The predicted molar refractivity (Wildman–Crippen MR) is 103 cm³/mol. The van der Waals surface area contributed by atoms with E-state index in [2.05, 4.69) is 15.6 Å². The molecule has 2 N–H and O–H groups in total. The quantitative estimate of drug-likeness (QED) is 0.698. The fraction of sp³-hybridized carbons (Fsp3) is 0.222. The number of nitrogens with one attached hydrogen (secondary N) is 2. The van der Waals surface area contributed by atoms with Crippen LogP contribution in [-0.2, 0) is 0 Å². The monoisotopic (exact) mass is 373 g/mol. The molecule has 1 aromatic heterocycles. The maximum Gasteiger partial charge on any atom is 0.325 e. The molecule has 0 spiro atoms. The van der Waals surface area contributed by atoms with E-state index in [-0.39, 0.29) is 0 Å². The lowest BCUT2D eigenvalue weighted by Gasteiger charge is -2.11. The molecule has 0 bridgehead atoms. The average molecular weight is 373 g/mol. The number of urea groups is 1. The largest absolute Gasteiger partial charge is 0.497 e. The van der Waals surface area contributed by atoms with Crippen LogP contribution in [0.3, 0.4) is 0 Å². The van der Waals surface area contributed by atoms with Crippen LogP contribution < -0.4 is 24.8 Å². The van der Waals surface area contributed by atoms with Crippen LogP contribution in [0.25, 0.3) is 10.2 Å². The first-order chi connectivity index (χ1) is 12.5. The Morgan fingerprint density at radius 2 is 1.77 bits per heavy atom. The molecule has 3 aromatic rings. The van der Waals surface area contributed by atoms with Crippen molar-refractivity contribution in [3.05, 3.63) is 35.9 Å². The van der Waals surface area contributed by atoms with Gasteiger partial charge in [-0.05, 0) is 30.7 Å². The predicted octanol–water partition coefficient (Wildman–Crippen LogP) is 4.27. The van der Waals surface area contributed by atoms with E-state index in [9.17, 15) is 4.79 Å². The van der Waals surface area contributed by atoms with Gasteiger partial charge in [-0.2, -0.15) is 0 Å². The van der Waals surface area contributed by atoms with Gasteiger partial charge in [0, 0.05) is 6.07 Å². The summed E-state index contributed by atoms with van der Waals surface area (Å²) in [5, 5.41) is 5.99. The number of thiazole rings is 1. The zero-order valence-electron chi connectivity index (χ0n) is 14.9. The van der Waals surface area contributed by atoms with Gasteiger partial charge >= 0.3 is 6.03 Å². The molecule has 136 valence electrons. The minimum atomic E-state index is -0.413. The summed E-state index contributed by atoms with van der Waals surface area (Å²) < 4.78 is 16.7. The SMILES string of the molecule is COc1ccc(NC(=O)Nc2nc3c(OC)ccc(C)c3s2)c(OC)c1. The van der Waals surface area contributed by atoms with Crippen LogP contribution in [-0.4, -0.2) is 32.3 Å². The fourth-order valence-electron chi connectivity index (χ4n) is 2.48. The topological polar surface area (TPSA) is 81.7 Å². The van der Waals surface area contributed by atoms with Gasteiger partial charge in [0.15, 0.2) is 5.13 Å². The van der Waals surface area contributed by atoms with E-state index in [0.717, 1.165) is 15.8 Å². The normalized spacial score (nSPS) is 10.5. The highest BCUT2D eigenvalue weighted by atomic mass is 32.1. The van der Waals surface area contributed by atoms with Crippen LogP contribution in [0.1, 0.15) is 5.56 Å². The molecule has 0 atom stereocenters. The van der Waals surface area contributed by atoms with E-state index in [4.69, 9.17) is 14.2 Å². The minimum Gasteiger partial charge on any atom is -0.497 e. The molecule has 0 aliphatic rings. The number of benzene rings is 2. The van der Waals surface area contributed by atoms with Crippen molar-refractivity contribution in [1.29, 1.82) is 0 Å². The first kappa shape index (κ1) is 17.8. The number of fused-ring (bicyclic) bond motifs is 1. The first-order valence-electron chi connectivity index (χ1n) is 7.80. The van der Waals surface area contributed by atoms with Crippen LogP contribution in [0.15, 0.2) is 30.3 Å². The molecule has 0 saturated carbocycles. The average Bonchev–Trinajstić information content (AvgIpc) is 3.06. The maximum absolute atomic E-state index is 12.3. The molecular formula is C18H19N3O4S. The highest BCUT2D eigenvalue weighted by Crippen LogP contribution is 2.35. The van der Waals surface area contributed by atoms with Gasteiger partial charge in [-0.25, -0.2) is 9.78 Å². The second-order valence-electron chi connectivity index (χ2n) is 5.43. The van der Waals surface area contributed by atoms with Crippen molar-refractivity contribution in [2.24, 2.45) is 0 Å². The van der Waals surface area contributed by atoms with Crippen molar-refractivity contribution in [3.8, 4) is 17.2 Å². The Kier molecular flexibility index (Phi) is 5.13. The van der Waals surface area contributed by atoms with Gasteiger partial charge in [-0.3, -0.25) is 5.32 Å². The highest BCUT2D eigenvalue weighted by Gasteiger charge is 2.14. The molecule has 0 aliphatic heterocycles. The molecule has 2 aromatic carbocycles. The Labute approximate surface area is 154 Å². The zero-order valence-corrected chi connectivity index (χ0v) is 15.7. The minimum absolute atomic E-state index is 0.413. The van der Waals surface area contributed by atoms with Crippen LogP contribution in [0.4, 0.5) is 15.6 Å². The molecule has 0 radical (unpaired) electrons. The third-order valence-corrected chi connectivity index (χ3v) is 4.91. The number of rotatable bonds is 5. The van der Waals surface area contributed by atoms with Crippen molar-refractivity contribution in [2.45, 2.75) is 6.92 Å². The van der Waals surface area contributed by atoms with Gasteiger partial charge in [0.25, 0.3) is 0 Å². The Bertz CT molecular complexity index is 955. The Hall–Kier alpha value is -3.00. The third kappa shape index (κ3) is 3.50. The van der Waals surface area contributed by atoms with Gasteiger partial charge in [-0.15, -0.1) is 0 Å². The molecule has 0 saturated heterocycles. The van der Waals surface area contributed by atoms with E-state index in [1.807, 2.05) is 19.1 Å². The third-order valence-electron chi connectivity index (χ3n) is 3.80. The lowest BCUT2D eigenvalue weighted by molar-refractivity contribution is 0.262. The fourth-order valence-corrected chi connectivity index (χ4v) is 3.43. The number of aromatic nitrogens is 1. The van der Waals surface area contributed by atoms with Crippen LogP contribution in [0.2, 0.25) is 0 Å². The number of carbonyl (C=O) groups is 1. The number of aryl methyl sites for hydroxylation is 1. The number of carbonyl (C=O) groups excluding carboxylic acids is 1. The summed E-state index contributed by atoms with van der Waals surface area (Å²) in [6, 6.07) is 8.56. The smallest absolute Gasteiger partial charge is 0.325 e. The van der Waals surface area contributed by atoms with Crippen LogP contribution in [0.5, 0.6) is 17.2 Å². The summed E-state index contributed by atoms with van der Waals surface area (Å²) in [5.41, 5.74) is 2.33. The zero-order chi connectivity index (χ0) is 18.7. The van der Waals surface area contributed by atoms with E-state index >= 15 is 0 Å². The summed E-state index contributed by atoms with van der Waals surface area (Å²) in [5.74, 6) is 1.81. The van der Waals surface area contributed by atoms with Crippen molar-refractivity contribution in [2.75, 3.05) is 32.0 Å². The van der Waals surface area contributed by atoms with E-state index in [1.165, 1.54) is 18.4 Å². The molecule has 8 heteroatoms. The molecule has 0 aliphatic carbocycles. The lowest BCUT2D eigenvalue weighted by atomic mass is 10.2. The van der Waals surface area contributed by atoms with E-state index in [1.54, 1.807) is 32.4 Å². The molecule has 3 rings (SSSR count). The summed E-state index contributed by atoms with van der Waals surface area (Å²) in [7, 11) is 4.69. The van der Waals surface area contributed by atoms with E-state index in [0.29, 0.717) is 28.1 Å². The van der Waals surface area contributed by atoms with Gasteiger partial charge < -0.3 is 19.5 Å². The van der Waals surface area contributed by atoms with Crippen molar-refractivity contribution in [3.63, 3.8) is 0 Å². The number of methoxy groups -OCH3 is 3. The Morgan fingerprint density at radius 1 is 1.00 bits per heavy atom. The number of nitrogens with zero attached hydrogens (tertiary/aromatic N) is 1. The number of ether oxygens (including phenoxy) is 3. The van der Waals surface area contributed by atoms with E-state index < -0.39 is 6.03 Å². The second-order valence-corrected chi connectivity index (χ2v) is 6.43. The van der Waals surface area contributed by atoms with Gasteiger partial charge in [0.2, 0.25) is 0 Å². The molecule has 1 heterocycles. The molecule has 26 heavy (non-hydrogen) atoms. The molecule has 0 fully saturated rings. The van der Waals surface area contributed by atoms with Crippen LogP contribution in [0, 0.1) is 6.92 Å². The Balaban J connectivity index is 1.80. The molecule has 7 nitrogen and oxygen atoms in total. The number of amides is 2. The number of anilines is 2. The van der Waals surface area contributed by atoms with Crippen molar-refractivity contribution in [1.82, 2.24) is 4.98 Å². The standard InChI is InChI=1S/C18H19N3O4S/c1-10-5-8-13(24-3)15-16(10)26-18(20-15)21-17(22)19-12-7-6-11(23-2)9-14(12)25-4/h5-9H,1-4H3,(H2,19,20,21,22). The summed E-state index contributed by atoms with van der Waals surface area (Å²) in [6.07, 6.45) is 0. The first-order valence-corrected chi connectivity index (χ1v) is 8.61. The Morgan fingerprint density at radius 3 is 2.46 bits per heavy atom. The molecule has 0 unspecified atom stereocenters. The lowest BCUT2D eigenvalue weighted by Crippen LogP contribution is -2.19. The van der Waals surface area contributed by atoms with Gasteiger partial charge in [0.05, 0.1) is 31.7 Å². The van der Waals surface area contributed by atoms with Crippen LogP contribution >= 0.6 is 11.3 Å².